The third kappa shape index (κ3) is 3.40. The van der Waals surface area contributed by atoms with E-state index >= 15 is 0 Å². The van der Waals surface area contributed by atoms with E-state index < -0.39 is 6.10 Å². The molecule has 0 bridgehead atoms. The maximum Gasteiger partial charge on any atom is 0.261 e. The van der Waals surface area contributed by atoms with Crippen molar-refractivity contribution in [2.45, 2.75) is 45.4 Å². The lowest BCUT2D eigenvalue weighted by atomic mass is 10.1. The molecule has 1 aliphatic heterocycles. The quantitative estimate of drug-likeness (QED) is 0.768. The van der Waals surface area contributed by atoms with Crippen LogP contribution in [0.4, 0.5) is 0 Å². The lowest BCUT2D eigenvalue weighted by Gasteiger charge is -2.17. The fourth-order valence-electron chi connectivity index (χ4n) is 3.31. The highest BCUT2D eigenvalue weighted by molar-refractivity contribution is 5.84. The van der Waals surface area contributed by atoms with Gasteiger partial charge in [-0.1, -0.05) is 30.3 Å². The lowest BCUT2D eigenvalue weighted by molar-refractivity contribution is -0.127. The summed E-state index contributed by atoms with van der Waals surface area (Å²) in [6, 6.07) is 13.9. The summed E-state index contributed by atoms with van der Waals surface area (Å²) in [4.78, 5) is 12.4. The summed E-state index contributed by atoms with van der Waals surface area (Å²) in [5, 5.41) is 13.6. The van der Waals surface area contributed by atoms with Crippen LogP contribution in [0.25, 0.3) is 10.8 Å². The number of nitrogens with one attached hydrogen (secondary N) is 1. The molecule has 26 heavy (non-hydrogen) atoms. The molecule has 0 saturated carbocycles. The molecule has 0 fully saturated rings. The minimum absolute atomic E-state index is 0.161. The second-order valence-corrected chi connectivity index (χ2v) is 6.63. The SMILES string of the molecule is C[C@H](Oc1ccc2ccccc2c1)C(=O)NCc1nnc2n1CCCC2. The van der Waals surface area contributed by atoms with Crippen molar-refractivity contribution in [3.05, 3.63) is 54.1 Å². The summed E-state index contributed by atoms with van der Waals surface area (Å²) >= 11 is 0. The minimum atomic E-state index is -0.583. The van der Waals surface area contributed by atoms with E-state index in [1.54, 1.807) is 6.92 Å². The van der Waals surface area contributed by atoms with Gasteiger partial charge in [0.15, 0.2) is 11.9 Å². The van der Waals surface area contributed by atoms with Gasteiger partial charge < -0.3 is 14.6 Å². The molecule has 6 nitrogen and oxygen atoms in total. The first kappa shape index (κ1) is 16.6. The number of amides is 1. The largest absolute Gasteiger partial charge is 0.481 e. The molecule has 6 heteroatoms. The zero-order valence-electron chi connectivity index (χ0n) is 14.8. The summed E-state index contributed by atoms with van der Waals surface area (Å²) in [7, 11) is 0. The van der Waals surface area contributed by atoms with Crippen LogP contribution in [0.15, 0.2) is 42.5 Å². The molecule has 4 rings (SSSR count). The van der Waals surface area contributed by atoms with Gasteiger partial charge in [-0.2, -0.15) is 0 Å². The van der Waals surface area contributed by atoms with Crippen molar-refractivity contribution >= 4 is 16.7 Å². The molecule has 2 aromatic carbocycles. The number of benzene rings is 2. The van der Waals surface area contributed by atoms with Crippen LogP contribution in [0.3, 0.4) is 0 Å². The van der Waals surface area contributed by atoms with Gasteiger partial charge in [0.05, 0.1) is 6.54 Å². The van der Waals surface area contributed by atoms with Gasteiger partial charge in [0.1, 0.15) is 11.6 Å². The van der Waals surface area contributed by atoms with E-state index in [1.165, 1.54) is 0 Å². The van der Waals surface area contributed by atoms with Crippen molar-refractivity contribution < 1.29 is 9.53 Å². The number of ether oxygens (including phenoxy) is 1. The van der Waals surface area contributed by atoms with E-state index in [2.05, 4.69) is 26.1 Å². The molecular formula is C20H22N4O2. The van der Waals surface area contributed by atoms with Crippen LogP contribution in [0.2, 0.25) is 0 Å². The van der Waals surface area contributed by atoms with E-state index in [0.717, 1.165) is 48.2 Å². The summed E-state index contributed by atoms with van der Waals surface area (Å²) < 4.78 is 7.92. The highest BCUT2D eigenvalue weighted by Crippen LogP contribution is 2.21. The smallest absolute Gasteiger partial charge is 0.261 e. The Kier molecular flexibility index (Phi) is 4.56. The average molecular weight is 350 g/mol. The van der Waals surface area contributed by atoms with Crippen molar-refractivity contribution in [1.82, 2.24) is 20.1 Å². The van der Waals surface area contributed by atoms with Crippen LogP contribution in [0.5, 0.6) is 5.75 Å². The van der Waals surface area contributed by atoms with Gasteiger partial charge in [-0.25, -0.2) is 0 Å². The number of aromatic nitrogens is 3. The first-order chi connectivity index (χ1) is 12.7. The van der Waals surface area contributed by atoms with Crippen LogP contribution >= 0.6 is 0 Å². The van der Waals surface area contributed by atoms with Gasteiger partial charge in [-0.3, -0.25) is 4.79 Å². The molecule has 1 N–H and O–H groups in total. The Hall–Kier alpha value is -2.89. The molecule has 1 aromatic heterocycles. The monoisotopic (exact) mass is 350 g/mol. The van der Waals surface area contributed by atoms with Crippen molar-refractivity contribution in [2.24, 2.45) is 0 Å². The van der Waals surface area contributed by atoms with Gasteiger partial charge in [-0.15, -0.1) is 10.2 Å². The number of carbonyl (C=O) groups is 1. The summed E-state index contributed by atoms with van der Waals surface area (Å²) in [5.74, 6) is 2.35. The van der Waals surface area contributed by atoms with Crippen LogP contribution in [-0.4, -0.2) is 26.8 Å². The van der Waals surface area contributed by atoms with Crippen LogP contribution in [0, 0.1) is 0 Å². The van der Waals surface area contributed by atoms with Gasteiger partial charge in [-0.05, 0) is 42.7 Å². The van der Waals surface area contributed by atoms with Crippen LogP contribution < -0.4 is 10.1 Å². The Morgan fingerprint density at radius 1 is 1.19 bits per heavy atom. The highest BCUT2D eigenvalue weighted by Gasteiger charge is 2.18. The molecular weight excluding hydrogens is 328 g/mol. The highest BCUT2D eigenvalue weighted by atomic mass is 16.5. The summed E-state index contributed by atoms with van der Waals surface area (Å²) in [6.07, 6.45) is 2.66. The fourth-order valence-corrected chi connectivity index (χ4v) is 3.31. The molecule has 0 saturated heterocycles. The fraction of sp³-hybridized carbons (Fsp3) is 0.350. The Morgan fingerprint density at radius 2 is 2.04 bits per heavy atom. The van der Waals surface area contributed by atoms with Gasteiger partial charge in [0.2, 0.25) is 0 Å². The predicted octanol–water partition coefficient (Wildman–Crippen LogP) is 2.85. The number of hydrogen-bond donors (Lipinski definition) is 1. The Labute approximate surface area is 152 Å². The van der Waals surface area contributed by atoms with Crippen LogP contribution in [0.1, 0.15) is 31.4 Å². The Balaban J connectivity index is 1.37. The molecule has 3 aromatic rings. The molecule has 1 atom stereocenters. The number of hydrogen-bond acceptors (Lipinski definition) is 4. The maximum absolute atomic E-state index is 12.4. The van der Waals surface area contributed by atoms with Crippen molar-refractivity contribution in [3.63, 3.8) is 0 Å². The number of rotatable bonds is 5. The number of fused-ring (bicyclic) bond motifs is 2. The number of carbonyl (C=O) groups excluding carboxylic acids is 1. The standard InChI is InChI=1S/C20H22N4O2/c1-14(26-17-10-9-15-6-2-3-7-16(15)12-17)20(25)21-13-19-23-22-18-8-4-5-11-24(18)19/h2-3,6-7,9-10,12,14H,4-5,8,11,13H2,1H3,(H,21,25)/t14-/m0/s1. The van der Waals surface area contributed by atoms with Gasteiger partial charge in [0.25, 0.3) is 5.91 Å². The Bertz CT molecular complexity index is 934. The maximum atomic E-state index is 12.4. The molecule has 134 valence electrons. The van der Waals surface area contributed by atoms with E-state index in [-0.39, 0.29) is 5.91 Å². The summed E-state index contributed by atoms with van der Waals surface area (Å²) in [6.45, 7) is 3.05. The third-order valence-electron chi connectivity index (χ3n) is 4.76. The average Bonchev–Trinajstić information content (AvgIpc) is 3.09. The minimum Gasteiger partial charge on any atom is -0.481 e. The van der Waals surface area contributed by atoms with Gasteiger partial charge in [0, 0.05) is 13.0 Å². The topological polar surface area (TPSA) is 69.0 Å². The van der Waals surface area contributed by atoms with Crippen LogP contribution in [-0.2, 0) is 24.3 Å². The van der Waals surface area contributed by atoms with Crippen molar-refractivity contribution in [3.8, 4) is 5.75 Å². The van der Waals surface area contributed by atoms with Gasteiger partial charge >= 0.3 is 0 Å². The van der Waals surface area contributed by atoms with E-state index in [9.17, 15) is 4.79 Å². The number of aryl methyl sites for hydroxylation is 1. The normalized spacial score (nSPS) is 14.7. The molecule has 1 aliphatic rings. The molecule has 2 heterocycles. The first-order valence-electron chi connectivity index (χ1n) is 9.05. The molecule has 0 spiro atoms. The van der Waals surface area contributed by atoms with Crippen molar-refractivity contribution in [1.29, 1.82) is 0 Å². The number of nitrogens with zero attached hydrogens (tertiary/aromatic N) is 3. The summed E-state index contributed by atoms with van der Waals surface area (Å²) in [5.41, 5.74) is 0. The van der Waals surface area contributed by atoms with E-state index in [0.29, 0.717) is 12.3 Å². The second-order valence-electron chi connectivity index (χ2n) is 6.63. The predicted molar refractivity (Wildman–Crippen MR) is 98.8 cm³/mol. The van der Waals surface area contributed by atoms with E-state index in [4.69, 9.17) is 4.74 Å². The zero-order valence-corrected chi connectivity index (χ0v) is 14.8. The molecule has 0 radical (unpaired) electrons. The molecule has 0 unspecified atom stereocenters. The van der Waals surface area contributed by atoms with E-state index in [1.807, 2.05) is 36.4 Å². The van der Waals surface area contributed by atoms with Crippen molar-refractivity contribution in [2.75, 3.05) is 0 Å². The Morgan fingerprint density at radius 3 is 2.92 bits per heavy atom. The zero-order chi connectivity index (χ0) is 17.9. The third-order valence-corrected chi connectivity index (χ3v) is 4.76. The first-order valence-corrected chi connectivity index (χ1v) is 9.05. The molecule has 1 amide bonds. The molecule has 0 aliphatic carbocycles. The lowest BCUT2D eigenvalue weighted by Crippen LogP contribution is -2.36. The second kappa shape index (κ2) is 7.15.